The second-order valence-corrected chi connectivity index (χ2v) is 10.7. The van der Waals surface area contributed by atoms with Gasteiger partial charge in [-0.05, 0) is 35.4 Å². The molecule has 1 N–H and O–H groups in total. The van der Waals surface area contributed by atoms with Gasteiger partial charge in [0.2, 0.25) is 0 Å². The lowest BCUT2D eigenvalue weighted by atomic mass is 9.99. The Kier molecular flexibility index (Phi) is 7.23. The van der Waals surface area contributed by atoms with Gasteiger partial charge in [0.25, 0.3) is 10.2 Å². The number of allylic oxidation sites excluding steroid dienone is 1. The monoisotopic (exact) mass is 563 g/mol. The van der Waals surface area contributed by atoms with E-state index >= 15 is 4.39 Å². The molecule has 2 aromatic rings. The van der Waals surface area contributed by atoms with Crippen LogP contribution in [0.1, 0.15) is 12.0 Å². The third-order valence-corrected chi connectivity index (χ3v) is 8.05. The topological polar surface area (TPSA) is 77.5 Å². The van der Waals surface area contributed by atoms with Crippen molar-refractivity contribution in [1.82, 2.24) is 14.1 Å². The van der Waals surface area contributed by atoms with Crippen LogP contribution >= 0.6 is 0 Å². The highest BCUT2D eigenvalue weighted by Crippen LogP contribution is 2.40. The summed E-state index contributed by atoms with van der Waals surface area (Å²) >= 11 is 0. The largest absolute Gasteiger partial charge is 0.495 e. The zero-order chi connectivity index (χ0) is 27.8. The van der Waals surface area contributed by atoms with E-state index in [-0.39, 0.29) is 30.9 Å². The summed E-state index contributed by atoms with van der Waals surface area (Å²) in [5.74, 6) is -0.286. The Labute approximate surface area is 223 Å². The zero-order valence-electron chi connectivity index (χ0n) is 20.8. The van der Waals surface area contributed by atoms with E-state index < -0.39 is 27.8 Å². The van der Waals surface area contributed by atoms with E-state index in [1.54, 1.807) is 18.5 Å². The number of rotatable bonds is 6. The van der Waals surface area contributed by atoms with Crippen LogP contribution in [0.5, 0.6) is 5.75 Å². The van der Waals surface area contributed by atoms with Crippen LogP contribution in [0.3, 0.4) is 0 Å². The van der Waals surface area contributed by atoms with Gasteiger partial charge in [0.15, 0.2) is 0 Å². The van der Waals surface area contributed by atoms with E-state index in [9.17, 15) is 21.6 Å². The maximum absolute atomic E-state index is 15.4. The molecule has 3 heterocycles. The molecule has 0 aromatic heterocycles. The Morgan fingerprint density at radius 3 is 2.56 bits per heavy atom. The molecule has 3 aliphatic heterocycles. The smallest absolute Gasteiger partial charge is 0.416 e. The summed E-state index contributed by atoms with van der Waals surface area (Å²) in [5.41, 5.74) is 1.61. The molecule has 0 amide bonds. The van der Waals surface area contributed by atoms with Gasteiger partial charge in [-0.2, -0.15) is 25.9 Å². The Morgan fingerprint density at radius 2 is 1.90 bits per heavy atom. The zero-order valence-corrected chi connectivity index (χ0v) is 21.6. The van der Waals surface area contributed by atoms with Crippen molar-refractivity contribution >= 4 is 22.1 Å². The van der Waals surface area contributed by atoms with Crippen molar-refractivity contribution in [3.63, 3.8) is 0 Å². The van der Waals surface area contributed by atoms with Crippen LogP contribution in [-0.2, 0) is 16.4 Å². The van der Waals surface area contributed by atoms with E-state index in [1.807, 2.05) is 17.1 Å². The van der Waals surface area contributed by atoms with Crippen molar-refractivity contribution in [1.29, 1.82) is 0 Å². The number of nitrogens with one attached hydrogen (secondary N) is 1. The van der Waals surface area contributed by atoms with Gasteiger partial charge in [-0.3, -0.25) is 10.0 Å². The number of methoxy groups -OCH3 is 1. The van der Waals surface area contributed by atoms with Gasteiger partial charge in [0.05, 0.1) is 18.4 Å². The molecule has 8 nitrogen and oxygen atoms in total. The average molecular weight is 564 g/mol. The third kappa shape index (κ3) is 5.56. The van der Waals surface area contributed by atoms with Crippen molar-refractivity contribution in [2.45, 2.75) is 12.6 Å². The third-order valence-electron chi connectivity index (χ3n) is 6.59. The molecule has 0 atom stereocenters. The van der Waals surface area contributed by atoms with Gasteiger partial charge in [-0.25, -0.2) is 4.39 Å². The number of benzene rings is 2. The lowest BCUT2D eigenvalue weighted by Gasteiger charge is -2.38. The number of hydrazine groups is 1. The number of hydrogen-bond donors (Lipinski definition) is 1. The van der Waals surface area contributed by atoms with E-state index in [0.717, 1.165) is 23.4 Å². The molecule has 0 spiro atoms. The second-order valence-electron chi connectivity index (χ2n) is 9.03. The number of aliphatic imine (C=N–C) groups is 1. The fourth-order valence-electron chi connectivity index (χ4n) is 4.70. The fraction of sp³-hybridized carbons (Fsp3) is 0.269. The number of anilines is 1. The summed E-state index contributed by atoms with van der Waals surface area (Å²) in [6.45, 7) is 0.898. The molecule has 0 fully saturated rings. The molecule has 13 heteroatoms. The summed E-state index contributed by atoms with van der Waals surface area (Å²) in [5, 5.41) is 1.37. The first-order valence-electron chi connectivity index (χ1n) is 12.0. The number of nitrogens with zero attached hydrogens (tertiary/aromatic N) is 4. The number of ether oxygens (including phenoxy) is 1. The number of halogens is 4. The van der Waals surface area contributed by atoms with Gasteiger partial charge in [-0.15, -0.1) is 4.83 Å². The van der Waals surface area contributed by atoms with Crippen LogP contribution in [0, 0.1) is 5.82 Å². The van der Waals surface area contributed by atoms with Crippen molar-refractivity contribution in [3.8, 4) is 16.9 Å². The molecule has 0 aliphatic carbocycles. The highest BCUT2D eigenvalue weighted by molar-refractivity contribution is 7.87. The highest BCUT2D eigenvalue weighted by Gasteiger charge is 2.33. The minimum Gasteiger partial charge on any atom is -0.495 e. The molecule has 2 aromatic carbocycles. The Morgan fingerprint density at radius 1 is 1.13 bits per heavy atom. The molecule has 0 unspecified atom stereocenters. The SMILES string of the molecule is COc1cc(-c2ccc(C(F)(F)F)cc2)c(F)cc1N1CC=CC2=C1CCN(S(=O)(=O)NN1C=CC=NC1)C2. The van der Waals surface area contributed by atoms with E-state index in [0.29, 0.717) is 24.4 Å². The normalized spacial score (nSPS) is 18.1. The molecular formula is C26H25F4N5O3S. The maximum atomic E-state index is 15.4. The van der Waals surface area contributed by atoms with Gasteiger partial charge < -0.3 is 9.64 Å². The molecule has 5 rings (SSSR count). The minimum absolute atomic E-state index is 0.106. The molecule has 0 radical (unpaired) electrons. The van der Waals surface area contributed by atoms with Gasteiger partial charge in [0.1, 0.15) is 18.2 Å². The summed E-state index contributed by atoms with van der Waals surface area (Å²) in [6.07, 6.45) is 4.38. The Balaban J connectivity index is 1.40. The van der Waals surface area contributed by atoms with Crippen LogP contribution in [0.25, 0.3) is 11.1 Å². The summed E-state index contributed by atoms with van der Waals surface area (Å²) in [7, 11) is -2.41. The van der Waals surface area contributed by atoms with Gasteiger partial charge in [0, 0.05) is 55.8 Å². The molecule has 3 aliphatic rings. The van der Waals surface area contributed by atoms with Crippen molar-refractivity contribution in [2.24, 2.45) is 4.99 Å². The van der Waals surface area contributed by atoms with Crippen molar-refractivity contribution < 1.29 is 30.7 Å². The first-order valence-corrected chi connectivity index (χ1v) is 13.4. The van der Waals surface area contributed by atoms with E-state index in [1.165, 1.54) is 40.7 Å². The number of hydrogen-bond acceptors (Lipinski definition) is 6. The molecule has 0 bridgehead atoms. The van der Waals surface area contributed by atoms with Crippen LogP contribution in [0.2, 0.25) is 0 Å². The standard InChI is InChI=1S/C26H25F4N5O3S/c1-38-25-14-21(18-5-7-20(8-6-18)26(28,29)30)22(27)15-24(25)35-12-2-4-19-16-34(13-9-23(19)35)39(36,37)32-33-11-3-10-31-17-33/h2-8,10-11,14-15,32H,9,12-13,16-17H2,1H3. The van der Waals surface area contributed by atoms with Crippen molar-refractivity contribution in [2.75, 3.05) is 38.3 Å². The van der Waals surface area contributed by atoms with Gasteiger partial charge in [-0.1, -0.05) is 24.3 Å². The molecule has 39 heavy (non-hydrogen) atoms. The predicted octanol–water partition coefficient (Wildman–Crippen LogP) is 4.46. The first-order chi connectivity index (χ1) is 18.6. The lowest BCUT2D eigenvalue weighted by Crippen LogP contribution is -2.50. The van der Waals surface area contributed by atoms with E-state index in [4.69, 9.17) is 4.74 Å². The highest BCUT2D eigenvalue weighted by atomic mass is 32.2. The minimum atomic E-state index is -4.49. The molecule has 0 saturated carbocycles. The average Bonchev–Trinajstić information content (AvgIpc) is 2.92. The van der Waals surface area contributed by atoms with Gasteiger partial charge >= 0.3 is 6.18 Å². The molecular weight excluding hydrogens is 538 g/mol. The molecule has 206 valence electrons. The second kappa shape index (κ2) is 10.5. The number of alkyl halides is 3. The predicted molar refractivity (Wildman–Crippen MR) is 139 cm³/mol. The lowest BCUT2D eigenvalue weighted by molar-refractivity contribution is -0.137. The van der Waals surface area contributed by atoms with Crippen LogP contribution in [0.15, 0.2) is 77.1 Å². The van der Waals surface area contributed by atoms with E-state index in [2.05, 4.69) is 9.82 Å². The quantitative estimate of drug-likeness (QED) is 0.526. The Hall–Kier alpha value is -3.68. The van der Waals surface area contributed by atoms with Crippen LogP contribution < -0.4 is 14.5 Å². The maximum Gasteiger partial charge on any atom is 0.416 e. The fourth-order valence-corrected chi connectivity index (χ4v) is 5.87. The van der Waals surface area contributed by atoms with Crippen LogP contribution in [0.4, 0.5) is 23.2 Å². The summed E-state index contributed by atoms with van der Waals surface area (Å²) in [4.78, 5) is 8.38. The van der Waals surface area contributed by atoms with Crippen molar-refractivity contribution in [3.05, 3.63) is 83.5 Å². The first kappa shape index (κ1) is 26.9. The summed E-state index contributed by atoms with van der Waals surface area (Å²) < 4.78 is 87.0. The summed E-state index contributed by atoms with van der Waals surface area (Å²) in [6, 6.07) is 7.02. The molecule has 0 saturated heterocycles. The Bertz CT molecular complexity index is 1480. The van der Waals surface area contributed by atoms with Crippen LogP contribution in [-0.4, -0.2) is 57.4 Å².